The Morgan fingerprint density at radius 1 is 0.455 bits per heavy atom. The molecule has 3 aromatic heterocycles. The summed E-state index contributed by atoms with van der Waals surface area (Å²) in [6.45, 7) is 0. The number of anilines is 8. The first-order valence-electron chi connectivity index (χ1n) is 10.6. The van der Waals surface area contributed by atoms with E-state index in [0.29, 0.717) is 34.6 Å². The van der Waals surface area contributed by atoms with E-state index in [1.54, 1.807) is 21.9 Å². The molecular weight excluding hydrogens is 417 g/mol. The van der Waals surface area contributed by atoms with Gasteiger partial charge in [0.05, 0.1) is 11.4 Å². The SMILES string of the molecule is CN1c2cccc(n2)N(C)c2cccc(n2)N(C)c2cccc(c2F)N(C)c2cccc1n2. The van der Waals surface area contributed by atoms with Crippen LogP contribution in [-0.4, -0.2) is 43.1 Å². The molecule has 4 heterocycles. The predicted octanol–water partition coefficient (Wildman–Crippen LogP) is 5.40. The summed E-state index contributed by atoms with van der Waals surface area (Å²) in [5.41, 5.74) is 0.847. The number of aromatic nitrogens is 3. The van der Waals surface area contributed by atoms with Crippen molar-refractivity contribution in [2.24, 2.45) is 0 Å². The molecule has 4 aromatic rings. The van der Waals surface area contributed by atoms with Gasteiger partial charge in [-0.15, -0.1) is 0 Å². The molecule has 1 aliphatic rings. The molecule has 166 valence electrons. The Kier molecular flexibility index (Phi) is 5.05. The van der Waals surface area contributed by atoms with Gasteiger partial charge >= 0.3 is 0 Å². The third kappa shape index (κ3) is 3.59. The van der Waals surface area contributed by atoms with E-state index in [1.807, 2.05) is 98.7 Å². The van der Waals surface area contributed by atoms with E-state index >= 15 is 4.39 Å². The van der Waals surface area contributed by atoms with Crippen LogP contribution in [0.15, 0.2) is 72.8 Å². The number of fused-ring (bicyclic) bond motifs is 8. The first kappa shape index (κ1) is 20.7. The molecule has 0 N–H and O–H groups in total. The van der Waals surface area contributed by atoms with Gasteiger partial charge in [-0.05, 0) is 48.5 Å². The van der Waals surface area contributed by atoms with Crippen LogP contribution in [0.3, 0.4) is 0 Å². The molecular formula is C25H24FN7. The average molecular weight is 442 g/mol. The molecule has 0 amide bonds. The number of benzene rings is 1. The van der Waals surface area contributed by atoms with Crippen molar-refractivity contribution in [2.75, 3.05) is 47.8 Å². The quantitative estimate of drug-likeness (QED) is 0.362. The van der Waals surface area contributed by atoms with E-state index in [1.165, 1.54) is 0 Å². The van der Waals surface area contributed by atoms with E-state index in [-0.39, 0.29) is 5.82 Å². The first-order chi connectivity index (χ1) is 15.9. The lowest BCUT2D eigenvalue weighted by atomic mass is 10.2. The minimum absolute atomic E-state index is 0.345. The minimum atomic E-state index is -0.345. The Bertz CT molecular complexity index is 1230. The van der Waals surface area contributed by atoms with E-state index < -0.39 is 0 Å². The van der Waals surface area contributed by atoms with Crippen LogP contribution in [0.2, 0.25) is 0 Å². The van der Waals surface area contributed by atoms with Gasteiger partial charge in [-0.1, -0.05) is 24.3 Å². The molecule has 5 rings (SSSR count). The average Bonchev–Trinajstić information content (AvgIpc) is 2.87. The predicted molar refractivity (Wildman–Crippen MR) is 131 cm³/mol. The Morgan fingerprint density at radius 2 is 0.727 bits per heavy atom. The maximum Gasteiger partial charge on any atom is 0.170 e. The first-order valence-corrected chi connectivity index (χ1v) is 10.6. The number of pyridine rings is 3. The monoisotopic (exact) mass is 441 g/mol. The minimum Gasteiger partial charge on any atom is -0.327 e. The number of rotatable bonds is 0. The highest BCUT2D eigenvalue weighted by molar-refractivity contribution is 5.72. The van der Waals surface area contributed by atoms with Crippen LogP contribution in [-0.2, 0) is 0 Å². The van der Waals surface area contributed by atoms with Gasteiger partial charge in [-0.25, -0.2) is 19.3 Å². The summed E-state index contributed by atoms with van der Waals surface area (Å²) in [7, 11) is 7.45. The van der Waals surface area contributed by atoms with Crippen LogP contribution < -0.4 is 19.6 Å². The number of halogens is 1. The van der Waals surface area contributed by atoms with Gasteiger partial charge in [-0.3, -0.25) is 0 Å². The zero-order valence-corrected chi connectivity index (χ0v) is 18.9. The van der Waals surface area contributed by atoms with E-state index in [2.05, 4.69) is 0 Å². The van der Waals surface area contributed by atoms with Gasteiger partial charge in [0.1, 0.15) is 34.9 Å². The fraction of sp³-hybridized carbons (Fsp3) is 0.160. The molecule has 0 atom stereocenters. The number of nitrogens with zero attached hydrogens (tertiary/aromatic N) is 7. The fourth-order valence-electron chi connectivity index (χ4n) is 3.86. The summed E-state index contributed by atoms with van der Waals surface area (Å²) in [4.78, 5) is 21.7. The van der Waals surface area contributed by atoms with Crippen molar-refractivity contribution in [1.82, 2.24) is 15.0 Å². The summed E-state index contributed by atoms with van der Waals surface area (Å²) in [6, 6.07) is 22.5. The Hall–Kier alpha value is -4.20. The smallest absolute Gasteiger partial charge is 0.170 e. The summed E-state index contributed by atoms with van der Waals surface area (Å²) in [5.74, 6) is 3.78. The standard InChI is InChI=1S/C25H24FN7/c1-30-17-9-5-10-18(25(17)26)31(2)20-12-7-14-22(28-20)33(4)24-16-8-15-23(29-24)32(3)21-13-6-11-19(30)27-21/h5-16H,1-4H3. The van der Waals surface area contributed by atoms with Crippen LogP contribution in [0.4, 0.5) is 50.7 Å². The van der Waals surface area contributed by atoms with Crippen LogP contribution >= 0.6 is 0 Å². The molecule has 1 aromatic carbocycles. The number of hydrogen-bond donors (Lipinski definition) is 0. The van der Waals surface area contributed by atoms with Crippen LogP contribution in [0.1, 0.15) is 0 Å². The maximum absolute atomic E-state index is 15.7. The van der Waals surface area contributed by atoms with Gasteiger partial charge in [0.2, 0.25) is 0 Å². The lowest BCUT2D eigenvalue weighted by Crippen LogP contribution is -2.21. The molecule has 1 aliphatic heterocycles. The fourth-order valence-corrected chi connectivity index (χ4v) is 3.86. The highest BCUT2D eigenvalue weighted by Crippen LogP contribution is 2.35. The zero-order valence-electron chi connectivity index (χ0n) is 18.9. The highest BCUT2D eigenvalue weighted by atomic mass is 19.1. The van der Waals surface area contributed by atoms with Crippen LogP contribution in [0.25, 0.3) is 0 Å². The third-order valence-electron chi connectivity index (χ3n) is 5.90. The van der Waals surface area contributed by atoms with Crippen molar-refractivity contribution in [3.8, 4) is 0 Å². The molecule has 0 saturated carbocycles. The summed E-state index contributed by atoms with van der Waals surface area (Å²) < 4.78 is 15.7. The molecule has 8 heteroatoms. The Balaban J connectivity index is 1.75. The van der Waals surface area contributed by atoms with Gasteiger partial charge < -0.3 is 19.6 Å². The lowest BCUT2D eigenvalue weighted by Gasteiger charge is -2.27. The van der Waals surface area contributed by atoms with Crippen LogP contribution in [0.5, 0.6) is 0 Å². The van der Waals surface area contributed by atoms with Crippen molar-refractivity contribution >= 4 is 46.3 Å². The van der Waals surface area contributed by atoms with Crippen molar-refractivity contribution in [3.05, 3.63) is 78.6 Å². The van der Waals surface area contributed by atoms with E-state index in [4.69, 9.17) is 15.0 Å². The van der Waals surface area contributed by atoms with Crippen molar-refractivity contribution in [1.29, 1.82) is 0 Å². The molecule has 0 spiro atoms. The third-order valence-corrected chi connectivity index (χ3v) is 5.90. The van der Waals surface area contributed by atoms with Crippen LogP contribution in [0, 0.1) is 5.82 Å². The van der Waals surface area contributed by atoms with Gasteiger partial charge in [0.25, 0.3) is 0 Å². The molecule has 0 fully saturated rings. The molecule has 8 bridgehead atoms. The Labute approximate surface area is 192 Å². The second-order valence-corrected chi connectivity index (χ2v) is 7.91. The van der Waals surface area contributed by atoms with Crippen molar-refractivity contribution in [2.45, 2.75) is 0 Å². The molecule has 7 nitrogen and oxygen atoms in total. The maximum atomic E-state index is 15.7. The number of hydrogen-bond acceptors (Lipinski definition) is 7. The molecule has 33 heavy (non-hydrogen) atoms. The van der Waals surface area contributed by atoms with E-state index in [9.17, 15) is 0 Å². The summed E-state index contributed by atoms with van der Waals surface area (Å²) in [6.07, 6.45) is 0. The molecule has 0 aliphatic carbocycles. The topological polar surface area (TPSA) is 51.6 Å². The zero-order chi connectivity index (χ0) is 23.1. The summed E-state index contributed by atoms with van der Waals surface area (Å²) in [5, 5.41) is 0. The van der Waals surface area contributed by atoms with E-state index in [0.717, 1.165) is 11.6 Å². The van der Waals surface area contributed by atoms with Gasteiger partial charge in [0.15, 0.2) is 5.82 Å². The largest absolute Gasteiger partial charge is 0.327 e. The lowest BCUT2D eigenvalue weighted by molar-refractivity contribution is 0.627. The second-order valence-electron chi connectivity index (χ2n) is 7.91. The van der Waals surface area contributed by atoms with Gasteiger partial charge in [0, 0.05) is 28.2 Å². The summed E-state index contributed by atoms with van der Waals surface area (Å²) >= 11 is 0. The highest BCUT2D eigenvalue weighted by Gasteiger charge is 2.20. The molecule has 0 radical (unpaired) electrons. The normalized spacial score (nSPS) is 13.4. The second kappa shape index (κ2) is 8.05. The van der Waals surface area contributed by atoms with Crippen molar-refractivity contribution in [3.63, 3.8) is 0 Å². The molecule has 0 unspecified atom stereocenters. The Morgan fingerprint density at radius 3 is 1.06 bits per heavy atom. The van der Waals surface area contributed by atoms with Crippen molar-refractivity contribution < 1.29 is 4.39 Å². The molecule has 0 saturated heterocycles. The van der Waals surface area contributed by atoms with Gasteiger partial charge in [-0.2, -0.15) is 0 Å².